The van der Waals surface area contributed by atoms with Gasteiger partial charge in [-0.3, -0.25) is 37.3 Å². The molecular formula is C71H138O17P2. The quantitative estimate of drug-likeness (QED) is 0.0222. The van der Waals surface area contributed by atoms with Gasteiger partial charge in [-0.2, -0.15) is 0 Å². The third-order valence-corrected chi connectivity index (χ3v) is 18.3. The van der Waals surface area contributed by atoms with Crippen LogP contribution in [0.25, 0.3) is 0 Å². The zero-order valence-electron chi connectivity index (χ0n) is 58.6. The van der Waals surface area contributed by atoms with Crippen molar-refractivity contribution in [3.8, 4) is 0 Å². The van der Waals surface area contributed by atoms with Crippen LogP contribution in [0.1, 0.15) is 357 Å². The summed E-state index contributed by atoms with van der Waals surface area (Å²) in [5.41, 5.74) is 0. The molecule has 0 fully saturated rings. The lowest BCUT2D eigenvalue weighted by atomic mass is 10.0. The molecule has 2 unspecified atom stereocenters. The summed E-state index contributed by atoms with van der Waals surface area (Å²) in [6, 6.07) is 0. The Kier molecular flexibility index (Phi) is 60.6. The van der Waals surface area contributed by atoms with Crippen molar-refractivity contribution < 1.29 is 80.2 Å². The second-order valence-corrected chi connectivity index (χ2v) is 30.0. The van der Waals surface area contributed by atoms with Gasteiger partial charge in [0.05, 0.1) is 26.4 Å². The molecule has 0 aliphatic heterocycles. The van der Waals surface area contributed by atoms with Gasteiger partial charge >= 0.3 is 39.5 Å². The van der Waals surface area contributed by atoms with E-state index in [0.717, 1.165) is 115 Å². The SMILES string of the molecule is CCCCCCCCCC(=O)OC[C@H](COP(=O)(O)OC[C@H](O)COP(=O)(O)OC[C@@H](COC(=O)CCCCCCCCCCCCCC(C)C)OC(=O)CCCCCCCCCCCCCCCCCCC(C)C)OC(=O)CCCCCCCCCC(C)C. The Bertz CT molecular complexity index is 1770. The van der Waals surface area contributed by atoms with Crippen LogP contribution >= 0.6 is 15.6 Å². The van der Waals surface area contributed by atoms with Gasteiger partial charge in [0.15, 0.2) is 12.2 Å². The van der Waals surface area contributed by atoms with E-state index in [2.05, 4.69) is 48.5 Å². The van der Waals surface area contributed by atoms with Crippen molar-refractivity contribution in [2.45, 2.75) is 375 Å². The molecule has 0 rings (SSSR count). The van der Waals surface area contributed by atoms with Crippen LogP contribution < -0.4 is 0 Å². The van der Waals surface area contributed by atoms with Gasteiger partial charge in [-0.15, -0.1) is 0 Å². The van der Waals surface area contributed by atoms with Gasteiger partial charge in [0.2, 0.25) is 0 Å². The Hall–Kier alpha value is -1.94. The van der Waals surface area contributed by atoms with E-state index in [0.29, 0.717) is 31.6 Å². The van der Waals surface area contributed by atoms with Crippen molar-refractivity contribution in [2.75, 3.05) is 39.6 Å². The summed E-state index contributed by atoms with van der Waals surface area (Å²) in [7, 11) is -9.90. The topological polar surface area (TPSA) is 237 Å². The number of hydrogen-bond acceptors (Lipinski definition) is 15. The molecule has 0 aromatic rings. The van der Waals surface area contributed by atoms with Gasteiger partial charge in [-0.1, -0.05) is 305 Å². The predicted octanol–water partition coefficient (Wildman–Crippen LogP) is 20.2. The Balaban J connectivity index is 5.18. The van der Waals surface area contributed by atoms with Gasteiger partial charge < -0.3 is 33.8 Å². The van der Waals surface area contributed by atoms with Crippen molar-refractivity contribution in [3.05, 3.63) is 0 Å². The first-order valence-electron chi connectivity index (χ1n) is 36.8. The molecule has 0 spiro atoms. The highest BCUT2D eigenvalue weighted by Crippen LogP contribution is 2.45. The Morgan fingerprint density at radius 2 is 0.511 bits per heavy atom. The van der Waals surface area contributed by atoms with E-state index < -0.39 is 97.5 Å². The van der Waals surface area contributed by atoms with Crippen molar-refractivity contribution >= 4 is 39.5 Å². The summed E-state index contributed by atoms with van der Waals surface area (Å²) < 4.78 is 68.2. The Morgan fingerprint density at radius 1 is 0.300 bits per heavy atom. The number of aliphatic hydroxyl groups is 1. The normalized spacial score (nSPS) is 14.2. The first-order valence-corrected chi connectivity index (χ1v) is 39.8. The molecule has 0 aromatic carbocycles. The largest absolute Gasteiger partial charge is 0.472 e. The molecule has 0 saturated carbocycles. The summed E-state index contributed by atoms with van der Waals surface area (Å²) in [5.74, 6) is 0.145. The number of unbranched alkanes of at least 4 members (excludes halogenated alkanes) is 37. The summed E-state index contributed by atoms with van der Waals surface area (Å²) in [6.45, 7) is 11.8. The highest BCUT2D eigenvalue weighted by atomic mass is 31.2. The number of esters is 4. The minimum Gasteiger partial charge on any atom is -0.462 e. The lowest BCUT2D eigenvalue weighted by Gasteiger charge is -2.21. The maximum absolute atomic E-state index is 13.0. The number of phosphoric ester groups is 2. The lowest BCUT2D eigenvalue weighted by molar-refractivity contribution is -0.161. The molecule has 0 aromatic heterocycles. The fourth-order valence-electron chi connectivity index (χ4n) is 10.7. The second kappa shape index (κ2) is 61.9. The number of carbonyl (C=O) groups excluding carboxylic acids is 4. The molecule has 0 aliphatic rings. The van der Waals surface area contributed by atoms with Gasteiger partial charge in [0, 0.05) is 25.7 Å². The van der Waals surface area contributed by atoms with Crippen molar-refractivity contribution in [3.63, 3.8) is 0 Å². The molecule has 90 heavy (non-hydrogen) atoms. The van der Waals surface area contributed by atoms with Crippen LogP contribution in [0.15, 0.2) is 0 Å². The van der Waals surface area contributed by atoms with Crippen LogP contribution in [0.4, 0.5) is 0 Å². The van der Waals surface area contributed by atoms with E-state index in [-0.39, 0.29) is 25.7 Å². The maximum atomic E-state index is 13.0. The third kappa shape index (κ3) is 64.8. The fourth-order valence-corrected chi connectivity index (χ4v) is 12.3. The molecule has 0 aliphatic carbocycles. The molecular weight excluding hydrogens is 1190 g/mol. The number of ether oxygens (including phenoxy) is 4. The van der Waals surface area contributed by atoms with Crippen molar-refractivity contribution in [2.24, 2.45) is 17.8 Å². The molecule has 534 valence electrons. The molecule has 0 bridgehead atoms. The molecule has 0 heterocycles. The minimum absolute atomic E-state index is 0.103. The average molecular weight is 1330 g/mol. The number of rotatable bonds is 69. The van der Waals surface area contributed by atoms with Crippen LogP contribution in [0, 0.1) is 17.8 Å². The van der Waals surface area contributed by atoms with Crippen molar-refractivity contribution in [1.29, 1.82) is 0 Å². The van der Waals surface area contributed by atoms with Crippen molar-refractivity contribution in [1.82, 2.24) is 0 Å². The van der Waals surface area contributed by atoms with E-state index in [1.807, 2.05) is 0 Å². The van der Waals surface area contributed by atoms with Gasteiger partial charge in [-0.05, 0) is 43.4 Å². The lowest BCUT2D eigenvalue weighted by Crippen LogP contribution is -2.30. The van der Waals surface area contributed by atoms with Gasteiger partial charge in [0.1, 0.15) is 19.3 Å². The second-order valence-electron chi connectivity index (χ2n) is 27.1. The fraction of sp³-hybridized carbons (Fsp3) is 0.944. The Labute approximate surface area is 549 Å². The number of carbonyl (C=O) groups is 4. The van der Waals surface area contributed by atoms with E-state index in [4.69, 9.17) is 37.0 Å². The molecule has 0 saturated heterocycles. The molecule has 17 nitrogen and oxygen atoms in total. The number of phosphoric acid groups is 2. The van der Waals surface area contributed by atoms with Gasteiger partial charge in [-0.25, -0.2) is 9.13 Å². The molecule has 19 heteroatoms. The zero-order chi connectivity index (χ0) is 66.6. The number of hydrogen-bond donors (Lipinski definition) is 3. The monoisotopic (exact) mass is 1320 g/mol. The minimum atomic E-state index is -4.95. The standard InChI is InChI=1S/C71H138O17P2/c1-8-9-10-11-28-38-45-52-68(73)81-58-66(88-71(76)55-48-41-34-27-31-37-44-51-64(6)7)60-85-89(77,78)83-56-65(72)57-84-90(79,80)86-61-67(59-82-69(74)53-46-39-32-25-22-18-20-24-30-36-43-50-63(4)5)87-70(75)54-47-40-33-26-21-17-15-13-12-14-16-19-23-29-35-42-49-62(2)3/h62-67,72H,8-61H2,1-7H3,(H,77,78)(H,79,80)/t65-,66+,67+/m0/s1. The van der Waals surface area contributed by atoms with Crippen LogP contribution in [0.5, 0.6) is 0 Å². The zero-order valence-corrected chi connectivity index (χ0v) is 60.4. The number of aliphatic hydroxyl groups excluding tert-OH is 1. The highest BCUT2D eigenvalue weighted by molar-refractivity contribution is 7.47. The van der Waals surface area contributed by atoms with E-state index >= 15 is 0 Å². The highest BCUT2D eigenvalue weighted by Gasteiger charge is 2.30. The van der Waals surface area contributed by atoms with Crippen LogP contribution in [0.3, 0.4) is 0 Å². The summed E-state index contributed by atoms with van der Waals surface area (Å²) in [5, 5.41) is 10.6. The van der Waals surface area contributed by atoms with Gasteiger partial charge in [0.25, 0.3) is 0 Å². The Morgan fingerprint density at radius 3 is 0.756 bits per heavy atom. The summed E-state index contributed by atoms with van der Waals surface area (Å²) >= 11 is 0. The smallest absolute Gasteiger partial charge is 0.462 e. The maximum Gasteiger partial charge on any atom is 0.472 e. The van der Waals surface area contributed by atoms with Crippen LogP contribution in [-0.4, -0.2) is 96.7 Å². The first-order chi connectivity index (χ1) is 43.2. The molecule has 0 radical (unpaired) electrons. The average Bonchev–Trinajstić information content (AvgIpc) is 3.68. The van der Waals surface area contributed by atoms with Crippen LogP contribution in [-0.2, 0) is 65.4 Å². The predicted molar refractivity (Wildman–Crippen MR) is 363 cm³/mol. The molecule has 5 atom stereocenters. The first kappa shape index (κ1) is 88.1. The molecule has 0 amide bonds. The van der Waals surface area contributed by atoms with Crippen LogP contribution in [0.2, 0.25) is 0 Å². The van der Waals surface area contributed by atoms with E-state index in [1.54, 1.807) is 0 Å². The summed E-state index contributed by atoms with van der Waals surface area (Å²) in [4.78, 5) is 72.4. The van der Waals surface area contributed by atoms with E-state index in [9.17, 15) is 43.2 Å². The molecule has 3 N–H and O–H groups in total. The third-order valence-electron chi connectivity index (χ3n) is 16.4. The van der Waals surface area contributed by atoms with E-state index in [1.165, 1.54) is 154 Å². The summed E-state index contributed by atoms with van der Waals surface area (Å²) in [6.07, 6.45) is 46.1.